The molecule has 21 heavy (non-hydrogen) atoms. The monoisotopic (exact) mass is 329 g/mol. The summed E-state index contributed by atoms with van der Waals surface area (Å²) in [6.07, 6.45) is 0.752. The average Bonchev–Trinajstić information content (AvgIpc) is 2.69. The molecule has 1 heterocycles. The number of amides is 2. The van der Waals surface area contributed by atoms with E-state index in [1.807, 2.05) is 0 Å². The molecule has 0 saturated carbocycles. The number of carbonyl (C=O) groups is 2. The summed E-state index contributed by atoms with van der Waals surface area (Å²) < 4.78 is 0. The highest BCUT2D eigenvalue weighted by molar-refractivity contribution is 6.43. The van der Waals surface area contributed by atoms with Crippen LogP contribution in [0.2, 0.25) is 10.0 Å². The molecule has 0 aliphatic carbocycles. The van der Waals surface area contributed by atoms with Crippen molar-refractivity contribution in [3.8, 4) is 0 Å². The van der Waals surface area contributed by atoms with Gasteiger partial charge in [0, 0.05) is 38.7 Å². The van der Waals surface area contributed by atoms with E-state index >= 15 is 0 Å². The molecule has 1 fully saturated rings. The van der Waals surface area contributed by atoms with Gasteiger partial charge in [0.25, 0.3) is 5.91 Å². The topological polar surface area (TPSA) is 66.6 Å². The first kappa shape index (κ1) is 15.9. The first-order chi connectivity index (χ1) is 9.90. The molecular formula is C14H17Cl2N3O2. The molecule has 114 valence electrons. The van der Waals surface area contributed by atoms with Crippen molar-refractivity contribution in [2.75, 3.05) is 31.9 Å². The summed E-state index contributed by atoms with van der Waals surface area (Å²) in [7, 11) is 0. The molecule has 1 aromatic carbocycles. The van der Waals surface area contributed by atoms with E-state index in [1.54, 1.807) is 9.80 Å². The van der Waals surface area contributed by atoms with E-state index in [9.17, 15) is 9.59 Å². The Bertz CT molecular complexity index is 554. The number of nitrogens with two attached hydrogens (primary N) is 1. The highest BCUT2D eigenvalue weighted by Crippen LogP contribution is 2.30. The van der Waals surface area contributed by atoms with Gasteiger partial charge in [-0.05, 0) is 18.6 Å². The number of anilines is 1. The minimum atomic E-state index is -0.148. The fraction of sp³-hybridized carbons (Fsp3) is 0.429. The summed E-state index contributed by atoms with van der Waals surface area (Å²) >= 11 is 11.9. The van der Waals surface area contributed by atoms with E-state index in [0.29, 0.717) is 31.7 Å². The number of nitrogen functional groups attached to an aromatic ring is 1. The zero-order valence-corrected chi connectivity index (χ0v) is 13.2. The summed E-state index contributed by atoms with van der Waals surface area (Å²) in [6.45, 7) is 3.85. The second kappa shape index (κ2) is 6.54. The number of hydrogen-bond acceptors (Lipinski definition) is 3. The van der Waals surface area contributed by atoms with Crippen LogP contribution in [0.15, 0.2) is 12.1 Å². The van der Waals surface area contributed by atoms with E-state index in [1.165, 1.54) is 19.1 Å². The highest BCUT2D eigenvalue weighted by atomic mass is 35.5. The Morgan fingerprint density at radius 2 is 1.71 bits per heavy atom. The summed E-state index contributed by atoms with van der Waals surface area (Å²) in [6, 6.07) is 3.06. The highest BCUT2D eigenvalue weighted by Gasteiger charge is 2.22. The average molecular weight is 330 g/mol. The van der Waals surface area contributed by atoms with E-state index < -0.39 is 0 Å². The van der Waals surface area contributed by atoms with Gasteiger partial charge in [0.15, 0.2) is 0 Å². The minimum Gasteiger partial charge on any atom is -0.397 e. The van der Waals surface area contributed by atoms with Gasteiger partial charge >= 0.3 is 0 Å². The van der Waals surface area contributed by atoms with Gasteiger partial charge in [0.2, 0.25) is 5.91 Å². The third kappa shape index (κ3) is 3.60. The molecule has 0 unspecified atom stereocenters. The molecular weight excluding hydrogens is 313 g/mol. The number of hydrogen-bond donors (Lipinski definition) is 1. The lowest BCUT2D eigenvalue weighted by Gasteiger charge is -2.21. The number of halogens is 2. The van der Waals surface area contributed by atoms with Crippen LogP contribution in [0.3, 0.4) is 0 Å². The minimum absolute atomic E-state index is 0.0306. The van der Waals surface area contributed by atoms with Gasteiger partial charge in [-0.25, -0.2) is 0 Å². The van der Waals surface area contributed by atoms with Crippen molar-refractivity contribution < 1.29 is 9.59 Å². The molecule has 0 spiro atoms. The van der Waals surface area contributed by atoms with E-state index in [4.69, 9.17) is 28.9 Å². The van der Waals surface area contributed by atoms with Crippen LogP contribution < -0.4 is 5.73 Å². The maximum atomic E-state index is 12.5. The number of benzene rings is 1. The predicted octanol–water partition coefficient (Wildman–Crippen LogP) is 2.27. The van der Waals surface area contributed by atoms with Crippen LogP contribution in [0, 0.1) is 0 Å². The molecule has 2 N–H and O–H groups in total. The molecule has 1 aliphatic rings. The SMILES string of the molecule is CC(=O)N1CCCN(C(=O)c2cc(N)c(Cl)c(Cl)c2)CC1. The predicted molar refractivity (Wildman–Crippen MR) is 83.6 cm³/mol. The molecule has 0 aromatic heterocycles. The standard InChI is InChI=1S/C14H17Cl2N3O2/c1-9(20)18-3-2-4-19(6-5-18)14(21)10-7-11(15)13(16)12(17)8-10/h7-8H,2-6,17H2,1H3. The molecule has 2 amide bonds. The van der Waals surface area contributed by atoms with Crippen molar-refractivity contribution >= 4 is 40.7 Å². The third-order valence-corrected chi connectivity index (χ3v) is 4.35. The van der Waals surface area contributed by atoms with Gasteiger partial charge in [-0.1, -0.05) is 23.2 Å². The van der Waals surface area contributed by atoms with Gasteiger partial charge in [0.1, 0.15) is 0 Å². The summed E-state index contributed by atoms with van der Waals surface area (Å²) in [5.74, 6) is -0.117. The first-order valence-electron chi connectivity index (χ1n) is 6.69. The van der Waals surface area contributed by atoms with E-state index in [2.05, 4.69) is 0 Å². The van der Waals surface area contributed by atoms with Gasteiger partial charge in [-0.3, -0.25) is 9.59 Å². The number of nitrogens with zero attached hydrogens (tertiary/aromatic N) is 2. The molecule has 1 aromatic rings. The van der Waals surface area contributed by atoms with Crippen LogP contribution in [0.25, 0.3) is 0 Å². The summed E-state index contributed by atoms with van der Waals surface area (Å²) in [4.78, 5) is 27.4. The van der Waals surface area contributed by atoms with E-state index in [-0.39, 0.29) is 27.5 Å². The lowest BCUT2D eigenvalue weighted by Crippen LogP contribution is -2.36. The maximum absolute atomic E-state index is 12.5. The van der Waals surface area contributed by atoms with Crippen molar-refractivity contribution in [1.82, 2.24) is 9.80 Å². The van der Waals surface area contributed by atoms with Crippen molar-refractivity contribution in [1.29, 1.82) is 0 Å². The Morgan fingerprint density at radius 3 is 2.33 bits per heavy atom. The van der Waals surface area contributed by atoms with Crippen LogP contribution in [0.1, 0.15) is 23.7 Å². The second-order valence-corrected chi connectivity index (χ2v) is 5.80. The molecule has 1 saturated heterocycles. The smallest absolute Gasteiger partial charge is 0.254 e. The summed E-state index contributed by atoms with van der Waals surface area (Å²) in [5.41, 5.74) is 6.44. The Balaban J connectivity index is 2.15. The Hall–Kier alpha value is -1.46. The van der Waals surface area contributed by atoms with E-state index in [0.717, 1.165) is 6.42 Å². The molecule has 0 radical (unpaired) electrons. The van der Waals surface area contributed by atoms with Crippen LogP contribution >= 0.6 is 23.2 Å². The van der Waals surface area contributed by atoms with Crippen molar-refractivity contribution in [2.45, 2.75) is 13.3 Å². The lowest BCUT2D eigenvalue weighted by atomic mass is 10.1. The molecule has 0 bridgehead atoms. The quantitative estimate of drug-likeness (QED) is 0.803. The first-order valence-corrected chi connectivity index (χ1v) is 7.45. The molecule has 5 nitrogen and oxygen atoms in total. The number of rotatable bonds is 1. The Kier molecular flexibility index (Phi) is 4.96. The van der Waals surface area contributed by atoms with Crippen LogP contribution in [0.5, 0.6) is 0 Å². The van der Waals surface area contributed by atoms with Crippen LogP contribution in [-0.2, 0) is 4.79 Å². The van der Waals surface area contributed by atoms with Crippen molar-refractivity contribution in [3.63, 3.8) is 0 Å². The van der Waals surface area contributed by atoms with Gasteiger partial charge in [0.05, 0.1) is 15.7 Å². The normalized spacial score (nSPS) is 15.8. The molecule has 2 rings (SSSR count). The maximum Gasteiger partial charge on any atom is 0.254 e. The molecule has 7 heteroatoms. The van der Waals surface area contributed by atoms with Crippen LogP contribution in [0.4, 0.5) is 5.69 Å². The molecule has 1 aliphatic heterocycles. The number of carbonyl (C=O) groups excluding carboxylic acids is 2. The molecule has 0 atom stereocenters. The van der Waals surface area contributed by atoms with Gasteiger partial charge in [-0.15, -0.1) is 0 Å². The van der Waals surface area contributed by atoms with Crippen LogP contribution in [-0.4, -0.2) is 47.8 Å². The fourth-order valence-corrected chi connectivity index (χ4v) is 2.69. The van der Waals surface area contributed by atoms with Crippen molar-refractivity contribution in [3.05, 3.63) is 27.7 Å². The second-order valence-electron chi connectivity index (χ2n) is 5.01. The Labute approximate surface area is 133 Å². The van der Waals surface area contributed by atoms with Crippen molar-refractivity contribution in [2.24, 2.45) is 0 Å². The fourth-order valence-electron chi connectivity index (χ4n) is 2.35. The lowest BCUT2D eigenvalue weighted by molar-refractivity contribution is -0.128. The van der Waals surface area contributed by atoms with Gasteiger partial charge < -0.3 is 15.5 Å². The zero-order valence-electron chi connectivity index (χ0n) is 11.7. The largest absolute Gasteiger partial charge is 0.397 e. The third-order valence-electron chi connectivity index (χ3n) is 3.53. The summed E-state index contributed by atoms with van der Waals surface area (Å²) in [5, 5.41) is 0.520. The zero-order chi connectivity index (χ0) is 15.6. The Morgan fingerprint density at radius 1 is 1.10 bits per heavy atom. The van der Waals surface area contributed by atoms with Gasteiger partial charge in [-0.2, -0.15) is 0 Å².